The lowest BCUT2D eigenvalue weighted by molar-refractivity contribution is -0.140. The third kappa shape index (κ3) is 21.5. The molecule has 84 heavy (non-hydrogen) atoms. The van der Waals surface area contributed by atoms with Crippen molar-refractivity contribution in [1.29, 1.82) is 0 Å². The average Bonchev–Trinajstić information content (AvgIpc) is 3.77. The molecule has 0 spiro atoms. The molecule has 0 bridgehead atoms. The van der Waals surface area contributed by atoms with Gasteiger partial charge in [-0.25, -0.2) is 0 Å². The predicted molar refractivity (Wildman–Crippen MR) is 326 cm³/mol. The molecule has 0 radical (unpaired) electrons. The Balaban J connectivity index is 1.40. The molecule has 22 nitrogen and oxygen atoms in total. The maximum atomic E-state index is 14.5. The largest absolute Gasteiger partial charge is 0.358 e. The predicted octanol–water partition coefficient (Wildman–Crippen LogP) is 2.35. The molecular formula is C62H93N13O9. The van der Waals surface area contributed by atoms with Gasteiger partial charge in [0.05, 0.1) is 6.54 Å². The summed E-state index contributed by atoms with van der Waals surface area (Å²) in [5.41, 5.74) is 2.73. The highest BCUT2D eigenvalue weighted by molar-refractivity contribution is 6.00. The number of amides is 9. The first-order chi connectivity index (χ1) is 39.8. The number of carbonyl (C=O) groups is 9. The number of rotatable bonds is 36. The maximum Gasteiger partial charge on any atom is 0.246 e. The van der Waals surface area contributed by atoms with Gasteiger partial charge in [0.1, 0.15) is 40.3 Å². The van der Waals surface area contributed by atoms with Crippen LogP contribution in [0.25, 0.3) is 10.9 Å². The Kier molecular flexibility index (Phi) is 27.0. The lowest BCUT2D eigenvalue weighted by Gasteiger charge is -2.35. The molecule has 22 heteroatoms. The Morgan fingerprint density at radius 2 is 1.06 bits per heavy atom. The van der Waals surface area contributed by atoms with E-state index in [1.54, 1.807) is 39.8 Å². The van der Waals surface area contributed by atoms with Gasteiger partial charge in [-0.05, 0) is 141 Å². The van der Waals surface area contributed by atoms with Gasteiger partial charge in [0.15, 0.2) is 0 Å². The van der Waals surface area contributed by atoms with Crippen molar-refractivity contribution in [3.05, 3.63) is 108 Å². The second-order valence-corrected chi connectivity index (χ2v) is 22.8. The topological polar surface area (TPSA) is 328 Å². The summed E-state index contributed by atoms with van der Waals surface area (Å²) < 4.78 is 0. The summed E-state index contributed by atoms with van der Waals surface area (Å²) in [6.07, 6.45) is 3.97. The van der Waals surface area contributed by atoms with Gasteiger partial charge in [-0.2, -0.15) is 0 Å². The van der Waals surface area contributed by atoms with Gasteiger partial charge in [-0.1, -0.05) is 99.6 Å². The SMILES string of the molecule is CC[C@](C)(NC(=O)[C@H](C)NC(=O)C(C)(C)NC(=O)[C@](C)(CC)NC(=O)[C@H](Cc1ccccc1)NC(C)=O)C(=O)NCC(=O)N[C@@H](Cc1cc2ccccc2[nH]1)C(=O)N[C@@](C)(CC)C(=O)N[C@H](CNCCCNCCCCN)Cc1ccccc1. The van der Waals surface area contributed by atoms with Gasteiger partial charge >= 0.3 is 0 Å². The van der Waals surface area contributed by atoms with Crippen LogP contribution >= 0.6 is 0 Å². The Morgan fingerprint density at radius 3 is 1.64 bits per heavy atom. The molecule has 4 aromatic rings. The van der Waals surface area contributed by atoms with E-state index < -0.39 is 100.0 Å². The lowest BCUT2D eigenvalue weighted by Crippen LogP contribution is -2.66. The second kappa shape index (κ2) is 33.0. The van der Waals surface area contributed by atoms with Gasteiger partial charge in [0.25, 0.3) is 0 Å². The first-order valence-corrected chi connectivity index (χ1v) is 29.3. The fourth-order valence-electron chi connectivity index (χ4n) is 9.07. The molecule has 0 saturated heterocycles. The van der Waals surface area contributed by atoms with E-state index in [-0.39, 0.29) is 38.1 Å². The maximum absolute atomic E-state index is 14.5. The van der Waals surface area contributed by atoms with Crippen LogP contribution in [0, 0.1) is 0 Å². The fraction of sp³-hybridized carbons (Fsp3) is 0.532. The standard InChI is InChI=1S/C62H93N13O9/c1-11-60(8,72-52(78)41(4)67-55(81)59(6,7)75-58(84)62(10,13-3)74-53(79)49(68-42(5)76)36-44-27-18-15-19-28-44)56(82)66-40-51(77)71-50(38-46-37-45-29-20-21-30-48(45)69-46)54(80)73-61(9,12-2)57(83)70-47(35-43-25-16-14-17-26-43)39-65-34-24-33-64-32-23-22-31-63/h14-21,25-30,37,41,47,49-50,64-65,69H,11-13,22-24,31-36,38-40,63H2,1-10H3,(H,66,82)(H,67,81)(H,68,76)(H,70,83)(H,71,77)(H,72,78)(H,73,80)(H,74,79)(H,75,84)/t41-,47-,49-,50-,60-,61-,62-/m0/s1. The number of nitrogens with two attached hydrogens (primary N) is 1. The molecule has 0 fully saturated rings. The summed E-state index contributed by atoms with van der Waals surface area (Å²) in [6, 6.07) is 24.5. The molecule has 1 aromatic heterocycles. The van der Waals surface area contributed by atoms with Crippen molar-refractivity contribution in [2.45, 2.75) is 173 Å². The van der Waals surface area contributed by atoms with Crippen LogP contribution in [0.3, 0.4) is 0 Å². The number of unbranched alkanes of at least 4 members (excludes halogenated alkanes) is 1. The lowest BCUT2D eigenvalue weighted by atomic mass is 9.93. The normalized spacial score (nSPS) is 15.0. The van der Waals surface area contributed by atoms with Gasteiger partial charge in [-0.15, -0.1) is 0 Å². The first-order valence-electron chi connectivity index (χ1n) is 29.3. The number of fused-ring (bicyclic) bond motifs is 1. The van der Waals surface area contributed by atoms with Crippen molar-refractivity contribution < 1.29 is 43.2 Å². The van der Waals surface area contributed by atoms with Gasteiger partial charge in [0.2, 0.25) is 53.2 Å². The molecule has 1 heterocycles. The molecule has 0 aliphatic rings. The van der Waals surface area contributed by atoms with Crippen LogP contribution in [0.15, 0.2) is 91.0 Å². The zero-order chi connectivity index (χ0) is 62.1. The van der Waals surface area contributed by atoms with E-state index in [1.807, 2.05) is 78.9 Å². The first kappa shape index (κ1) is 68.8. The van der Waals surface area contributed by atoms with Crippen molar-refractivity contribution in [3.63, 3.8) is 0 Å². The molecule has 0 aliphatic heterocycles. The minimum absolute atomic E-state index is 0.000891. The van der Waals surface area contributed by atoms with Gasteiger partial charge < -0.3 is 69.2 Å². The van der Waals surface area contributed by atoms with Crippen LogP contribution in [0.2, 0.25) is 0 Å². The quantitative estimate of drug-likeness (QED) is 0.0292. The number of nitrogens with one attached hydrogen (secondary N) is 12. The molecule has 9 amide bonds. The van der Waals surface area contributed by atoms with E-state index in [9.17, 15) is 43.2 Å². The molecule has 4 rings (SSSR count). The highest BCUT2D eigenvalue weighted by atomic mass is 16.2. The summed E-state index contributed by atoms with van der Waals surface area (Å²) in [6.45, 7) is 18.3. The third-order valence-corrected chi connectivity index (χ3v) is 15.2. The molecule has 460 valence electrons. The summed E-state index contributed by atoms with van der Waals surface area (Å²) in [5.74, 6) is -5.72. The highest BCUT2D eigenvalue weighted by Gasteiger charge is 2.42. The molecule has 14 N–H and O–H groups in total. The molecule has 0 aliphatic carbocycles. The second-order valence-electron chi connectivity index (χ2n) is 22.8. The molecule has 0 unspecified atom stereocenters. The van der Waals surface area contributed by atoms with Crippen molar-refractivity contribution in [1.82, 2.24) is 63.5 Å². The van der Waals surface area contributed by atoms with Gasteiger partial charge in [-0.3, -0.25) is 43.2 Å². The van der Waals surface area contributed by atoms with Crippen LogP contribution in [0.5, 0.6) is 0 Å². The Hall–Kier alpha value is -7.69. The summed E-state index contributed by atoms with van der Waals surface area (Å²) in [4.78, 5) is 127. The van der Waals surface area contributed by atoms with Crippen molar-refractivity contribution in [2.24, 2.45) is 5.73 Å². The Labute approximate surface area is 495 Å². The smallest absolute Gasteiger partial charge is 0.246 e. The number of aromatic amines is 1. The average molecular weight is 1160 g/mol. The Morgan fingerprint density at radius 1 is 0.536 bits per heavy atom. The summed E-state index contributed by atoms with van der Waals surface area (Å²) in [7, 11) is 0. The van der Waals surface area contributed by atoms with Crippen molar-refractivity contribution >= 4 is 64.1 Å². The molecule has 0 saturated carbocycles. The van der Waals surface area contributed by atoms with Crippen LogP contribution < -0.4 is 64.2 Å². The zero-order valence-corrected chi connectivity index (χ0v) is 50.8. The van der Waals surface area contributed by atoms with E-state index >= 15 is 0 Å². The number of carbonyl (C=O) groups excluding carboxylic acids is 9. The molecule has 7 atom stereocenters. The molecular weight excluding hydrogens is 1070 g/mol. The number of hydrogen-bond acceptors (Lipinski definition) is 12. The Bertz CT molecular complexity index is 2800. The summed E-state index contributed by atoms with van der Waals surface area (Å²) >= 11 is 0. The monoisotopic (exact) mass is 1160 g/mol. The number of hydrogen-bond donors (Lipinski definition) is 13. The number of H-pyrrole nitrogens is 1. The van der Waals surface area contributed by atoms with Crippen molar-refractivity contribution in [3.8, 4) is 0 Å². The molecule has 3 aromatic carbocycles. The van der Waals surface area contributed by atoms with Crippen LogP contribution in [-0.4, -0.2) is 144 Å². The zero-order valence-electron chi connectivity index (χ0n) is 50.8. The summed E-state index contributed by atoms with van der Waals surface area (Å²) in [5, 5.41) is 32.6. The minimum Gasteiger partial charge on any atom is -0.358 e. The number of benzene rings is 3. The van der Waals surface area contributed by atoms with Crippen LogP contribution in [0.4, 0.5) is 0 Å². The van der Waals surface area contributed by atoms with E-state index in [2.05, 4.69) is 63.5 Å². The van der Waals surface area contributed by atoms with E-state index in [0.29, 0.717) is 25.2 Å². The fourth-order valence-corrected chi connectivity index (χ4v) is 9.07. The van der Waals surface area contributed by atoms with Crippen LogP contribution in [0.1, 0.15) is 125 Å². The highest BCUT2D eigenvalue weighted by Crippen LogP contribution is 2.19. The minimum atomic E-state index is -1.62. The number of aromatic nitrogens is 1. The van der Waals surface area contributed by atoms with Crippen LogP contribution in [-0.2, 0) is 62.4 Å². The van der Waals surface area contributed by atoms with E-state index in [0.717, 1.165) is 60.9 Å². The van der Waals surface area contributed by atoms with Crippen molar-refractivity contribution in [2.75, 3.05) is 39.3 Å². The van der Waals surface area contributed by atoms with E-state index in [1.165, 1.54) is 41.5 Å². The van der Waals surface area contributed by atoms with Gasteiger partial charge in [0, 0.05) is 43.6 Å². The number of para-hydroxylation sites is 1. The third-order valence-electron chi connectivity index (χ3n) is 15.2. The van der Waals surface area contributed by atoms with E-state index in [4.69, 9.17) is 5.73 Å².